The molecule has 0 spiro atoms. The first-order chi connectivity index (χ1) is 11.6. The monoisotopic (exact) mass is 332 g/mol. The summed E-state index contributed by atoms with van der Waals surface area (Å²) in [6.45, 7) is 0.242. The largest absolute Gasteiger partial charge is 0.457 e. The van der Waals surface area contributed by atoms with Crippen LogP contribution in [-0.4, -0.2) is 35.0 Å². The summed E-state index contributed by atoms with van der Waals surface area (Å²) < 4.78 is 17.5. The van der Waals surface area contributed by atoms with Crippen LogP contribution in [0.4, 0.5) is 0 Å². The lowest BCUT2D eigenvalue weighted by Crippen LogP contribution is -2.39. The number of nitrogens with zero attached hydrogens (tertiary/aromatic N) is 1. The lowest BCUT2D eigenvalue weighted by Gasteiger charge is -2.30. The Morgan fingerprint density at radius 2 is 2.04 bits per heavy atom. The highest BCUT2D eigenvalue weighted by molar-refractivity contribution is 5.89. The number of hydrogen-bond acceptors (Lipinski definition) is 6. The molecule has 0 amide bonds. The van der Waals surface area contributed by atoms with Crippen molar-refractivity contribution in [1.82, 2.24) is 9.55 Å². The van der Waals surface area contributed by atoms with Crippen molar-refractivity contribution in [2.75, 3.05) is 13.2 Å². The van der Waals surface area contributed by atoms with Crippen molar-refractivity contribution in [3.63, 3.8) is 0 Å². The molecule has 2 heterocycles. The average Bonchev–Trinajstić information content (AvgIpc) is 2.60. The number of esters is 1. The molecule has 1 N–H and O–H groups in total. The Bertz CT molecular complexity index is 813. The summed E-state index contributed by atoms with van der Waals surface area (Å²) in [6, 6.07) is 9.81. The molecular formula is C16H16N2O6. The Balaban J connectivity index is 1.60. The predicted molar refractivity (Wildman–Crippen MR) is 82.5 cm³/mol. The summed E-state index contributed by atoms with van der Waals surface area (Å²) in [5, 5.41) is 0. The predicted octanol–water partition coefficient (Wildman–Crippen LogP) is 0.655. The molecule has 8 heteroatoms. The Morgan fingerprint density at radius 3 is 2.79 bits per heavy atom. The van der Waals surface area contributed by atoms with Crippen LogP contribution in [0.15, 0.2) is 52.2 Å². The lowest BCUT2D eigenvalue weighted by atomic mass is 10.2. The zero-order valence-corrected chi connectivity index (χ0v) is 12.7. The van der Waals surface area contributed by atoms with Gasteiger partial charge in [0.1, 0.15) is 12.8 Å². The van der Waals surface area contributed by atoms with Crippen LogP contribution in [0.2, 0.25) is 0 Å². The van der Waals surface area contributed by atoms with Gasteiger partial charge in [-0.25, -0.2) is 9.59 Å². The molecule has 0 unspecified atom stereocenters. The molecule has 1 aromatic heterocycles. The quantitative estimate of drug-likeness (QED) is 0.826. The number of nitrogens with one attached hydrogen (secondary N) is 1. The van der Waals surface area contributed by atoms with E-state index in [1.54, 1.807) is 30.3 Å². The molecule has 1 aliphatic heterocycles. The van der Waals surface area contributed by atoms with Crippen LogP contribution in [0, 0.1) is 0 Å². The standard InChI is InChI=1S/C16H16N2O6/c19-12-6-8-18(16(21)17-12)13-7-9-22-14(24-13)10-23-15(20)11-4-2-1-3-5-11/h1-6,8,13-14H,7,9-10H2,(H,17,19,21)/t13-,14-/m1/s1. The molecule has 1 aromatic carbocycles. The zero-order chi connectivity index (χ0) is 16.9. The molecule has 2 aromatic rings. The van der Waals surface area contributed by atoms with E-state index in [0.717, 1.165) is 0 Å². The van der Waals surface area contributed by atoms with Crippen LogP contribution >= 0.6 is 0 Å². The van der Waals surface area contributed by atoms with E-state index in [4.69, 9.17) is 14.2 Å². The topological polar surface area (TPSA) is 99.6 Å². The maximum Gasteiger partial charge on any atom is 0.338 e. The van der Waals surface area contributed by atoms with Gasteiger partial charge in [-0.05, 0) is 12.1 Å². The van der Waals surface area contributed by atoms with Crippen molar-refractivity contribution in [1.29, 1.82) is 0 Å². The van der Waals surface area contributed by atoms with Gasteiger partial charge in [0.25, 0.3) is 5.56 Å². The number of carbonyl (C=O) groups is 1. The van der Waals surface area contributed by atoms with Crippen molar-refractivity contribution in [2.24, 2.45) is 0 Å². The maximum absolute atomic E-state index is 11.9. The van der Waals surface area contributed by atoms with E-state index in [0.29, 0.717) is 18.6 Å². The molecule has 1 aliphatic rings. The smallest absolute Gasteiger partial charge is 0.338 e. The summed E-state index contributed by atoms with van der Waals surface area (Å²) in [4.78, 5) is 37.0. The summed E-state index contributed by atoms with van der Waals surface area (Å²) >= 11 is 0. The van der Waals surface area contributed by atoms with E-state index in [1.807, 2.05) is 0 Å². The molecule has 0 saturated carbocycles. The van der Waals surface area contributed by atoms with Gasteiger partial charge < -0.3 is 14.2 Å². The van der Waals surface area contributed by atoms with Gasteiger partial charge in [0.15, 0.2) is 6.29 Å². The third-order valence-corrected chi connectivity index (χ3v) is 3.50. The van der Waals surface area contributed by atoms with E-state index in [2.05, 4.69) is 4.98 Å². The molecule has 0 radical (unpaired) electrons. The fourth-order valence-corrected chi connectivity index (χ4v) is 2.33. The number of H-pyrrole nitrogens is 1. The molecular weight excluding hydrogens is 316 g/mol. The van der Waals surface area contributed by atoms with E-state index < -0.39 is 29.7 Å². The molecule has 1 saturated heterocycles. The van der Waals surface area contributed by atoms with Crippen LogP contribution in [0.25, 0.3) is 0 Å². The summed E-state index contributed by atoms with van der Waals surface area (Å²) in [5.74, 6) is -0.480. The normalized spacial score (nSPS) is 20.5. The maximum atomic E-state index is 11.9. The minimum Gasteiger partial charge on any atom is -0.457 e. The van der Waals surface area contributed by atoms with Gasteiger partial charge in [-0.2, -0.15) is 0 Å². The first kappa shape index (κ1) is 16.2. The Kier molecular flexibility index (Phi) is 4.88. The molecule has 8 nitrogen and oxygen atoms in total. The summed E-state index contributed by atoms with van der Waals surface area (Å²) in [6.07, 6.45) is 0.429. The van der Waals surface area contributed by atoms with E-state index in [1.165, 1.54) is 16.8 Å². The van der Waals surface area contributed by atoms with Crippen molar-refractivity contribution in [3.8, 4) is 0 Å². The highest BCUT2D eigenvalue weighted by Crippen LogP contribution is 2.20. The third-order valence-electron chi connectivity index (χ3n) is 3.50. The van der Waals surface area contributed by atoms with Crippen molar-refractivity contribution in [2.45, 2.75) is 18.9 Å². The second-order valence-corrected chi connectivity index (χ2v) is 5.16. The van der Waals surface area contributed by atoms with Crippen molar-refractivity contribution >= 4 is 5.97 Å². The number of ether oxygens (including phenoxy) is 3. The third kappa shape index (κ3) is 3.79. The number of aromatic amines is 1. The first-order valence-corrected chi connectivity index (χ1v) is 7.44. The number of carbonyl (C=O) groups excluding carboxylic acids is 1. The number of hydrogen-bond donors (Lipinski definition) is 1. The van der Waals surface area contributed by atoms with Crippen LogP contribution < -0.4 is 11.2 Å². The van der Waals surface area contributed by atoms with Crippen molar-refractivity contribution < 1.29 is 19.0 Å². The number of aromatic nitrogens is 2. The summed E-state index contributed by atoms with van der Waals surface area (Å²) in [5.41, 5.74) is -0.604. The van der Waals surface area contributed by atoms with E-state index in [-0.39, 0.29) is 6.61 Å². The van der Waals surface area contributed by atoms with Crippen LogP contribution in [0.1, 0.15) is 23.0 Å². The Hall–Kier alpha value is -2.71. The minimum absolute atomic E-state index is 0.0949. The molecule has 24 heavy (non-hydrogen) atoms. The highest BCUT2D eigenvalue weighted by atomic mass is 16.7. The van der Waals surface area contributed by atoms with Gasteiger partial charge in [0.05, 0.1) is 12.2 Å². The van der Waals surface area contributed by atoms with Crippen LogP contribution in [-0.2, 0) is 14.2 Å². The lowest BCUT2D eigenvalue weighted by molar-refractivity contribution is -0.246. The van der Waals surface area contributed by atoms with Crippen LogP contribution in [0.3, 0.4) is 0 Å². The second kappa shape index (κ2) is 7.24. The highest BCUT2D eigenvalue weighted by Gasteiger charge is 2.26. The molecule has 0 bridgehead atoms. The average molecular weight is 332 g/mol. The fraction of sp³-hybridized carbons (Fsp3) is 0.312. The van der Waals surface area contributed by atoms with E-state index >= 15 is 0 Å². The first-order valence-electron chi connectivity index (χ1n) is 7.44. The fourth-order valence-electron chi connectivity index (χ4n) is 2.33. The van der Waals surface area contributed by atoms with Gasteiger partial charge in [-0.15, -0.1) is 0 Å². The van der Waals surface area contributed by atoms with Gasteiger partial charge in [0, 0.05) is 18.7 Å². The number of rotatable bonds is 4. The number of benzene rings is 1. The minimum atomic E-state index is -0.782. The second-order valence-electron chi connectivity index (χ2n) is 5.16. The SMILES string of the molecule is O=C(OC[C@@H]1OCC[C@H](n2ccc(=O)[nH]c2=O)O1)c1ccccc1. The summed E-state index contributed by atoms with van der Waals surface area (Å²) in [7, 11) is 0. The Morgan fingerprint density at radius 1 is 1.25 bits per heavy atom. The van der Waals surface area contributed by atoms with Gasteiger partial charge in [-0.1, -0.05) is 18.2 Å². The zero-order valence-electron chi connectivity index (χ0n) is 12.7. The van der Waals surface area contributed by atoms with Crippen molar-refractivity contribution in [3.05, 3.63) is 69.0 Å². The molecule has 126 valence electrons. The molecule has 0 aliphatic carbocycles. The molecule has 1 fully saturated rings. The van der Waals surface area contributed by atoms with E-state index in [9.17, 15) is 14.4 Å². The molecule has 2 atom stereocenters. The van der Waals surface area contributed by atoms with Crippen LogP contribution in [0.5, 0.6) is 0 Å². The van der Waals surface area contributed by atoms with Gasteiger partial charge >= 0.3 is 11.7 Å². The van der Waals surface area contributed by atoms with Gasteiger partial charge in [-0.3, -0.25) is 14.3 Å². The van der Waals surface area contributed by atoms with Gasteiger partial charge in [0.2, 0.25) is 0 Å². The molecule has 3 rings (SSSR count). The Labute approximate surface area is 136 Å².